The molecule has 3 nitrogen and oxygen atoms in total. The third-order valence-electron chi connectivity index (χ3n) is 6.18. The maximum absolute atomic E-state index is 12.8. The monoisotopic (exact) mass is 389 g/mol. The highest BCUT2D eigenvalue weighted by Crippen LogP contribution is 2.49. The molecule has 1 unspecified atom stereocenters. The molecule has 1 aliphatic heterocycles. The van der Waals surface area contributed by atoms with Crippen LogP contribution in [0.5, 0.6) is 5.75 Å². The van der Waals surface area contributed by atoms with E-state index in [1.807, 2.05) is 29.2 Å². The quantitative estimate of drug-likeness (QED) is 0.647. The molecule has 4 heteroatoms. The molecule has 1 aromatic rings. The third kappa shape index (κ3) is 5.66. The highest BCUT2D eigenvalue weighted by molar-refractivity contribution is 8.00. The number of hydrogen-bond donors (Lipinski definition) is 0. The molecule has 27 heavy (non-hydrogen) atoms. The summed E-state index contributed by atoms with van der Waals surface area (Å²) < 4.78 is 5.75. The summed E-state index contributed by atoms with van der Waals surface area (Å²) in [5, 5.41) is 0.578. The van der Waals surface area contributed by atoms with Crippen molar-refractivity contribution < 1.29 is 9.53 Å². The molecule has 150 valence electrons. The van der Waals surface area contributed by atoms with Gasteiger partial charge in [0.15, 0.2) is 6.61 Å². The maximum Gasteiger partial charge on any atom is 0.260 e. The van der Waals surface area contributed by atoms with Crippen LogP contribution in [0, 0.1) is 12.3 Å². The van der Waals surface area contributed by atoms with Crippen LogP contribution in [-0.4, -0.2) is 41.0 Å². The number of ether oxygens (including phenoxy) is 1. The Bertz CT molecular complexity index is 605. The lowest BCUT2D eigenvalue weighted by Crippen LogP contribution is -2.43. The number of carbonyl (C=O) groups excluding carboxylic acids is 1. The maximum atomic E-state index is 12.8. The Balaban J connectivity index is 1.54. The fourth-order valence-electron chi connectivity index (χ4n) is 4.52. The fraction of sp³-hybridized carbons (Fsp3) is 0.696. The Labute approximate surface area is 169 Å². The molecule has 0 bridgehead atoms. The van der Waals surface area contributed by atoms with E-state index < -0.39 is 0 Å². The number of carbonyl (C=O) groups is 1. The first kappa shape index (κ1) is 20.6. The summed E-state index contributed by atoms with van der Waals surface area (Å²) in [6.07, 6.45) is 9.67. The van der Waals surface area contributed by atoms with E-state index in [9.17, 15) is 4.79 Å². The summed E-state index contributed by atoms with van der Waals surface area (Å²) >= 11 is 2.10. The molecule has 1 amide bonds. The largest absolute Gasteiger partial charge is 0.484 e. The van der Waals surface area contributed by atoms with Crippen molar-refractivity contribution in [2.75, 3.05) is 18.9 Å². The van der Waals surface area contributed by atoms with Crippen LogP contribution in [0.15, 0.2) is 24.3 Å². The topological polar surface area (TPSA) is 29.5 Å². The van der Waals surface area contributed by atoms with Crippen LogP contribution in [0.25, 0.3) is 0 Å². The van der Waals surface area contributed by atoms with Gasteiger partial charge in [-0.3, -0.25) is 4.79 Å². The fourth-order valence-corrected chi connectivity index (χ4v) is 6.26. The van der Waals surface area contributed by atoms with Gasteiger partial charge in [0.25, 0.3) is 5.91 Å². The smallest absolute Gasteiger partial charge is 0.260 e. The van der Waals surface area contributed by atoms with Gasteiger partial charge in [-0.05, 0) is 63.3 Å². The molecule has 0 N–H and O–H groups in total. The minimum absolute atomic E-state index is 0.105. The number of hydrogen-bond acceptors (Lipinski definition) is 3. The molecule has 1 atom stereocenters. The number of rotatable bonds is 6. The van der Waals surface area contributed by atoms with Crippen LogP contribution in [0.2, 0.25) is 0 Å². The highest BCUT2D eigenvalue weighted by Gasteiger charge is 2.40. The van der Waals surface area contributed by atoms with E-state index in [1.54, 1.807) is 0 Å². The molecule has 2 aliphatic rings. The van der Waals surface area contributed by atoms with Gasteiger partial charge in [0.1, 0.15) is 5.75 Å². The molecule has 1 aliphatic carbocycles. The molecule has 1 spiro atoms. The van der Waals surface area contributed by atoms with Crippen LogP contribution in [0.4, 0.5) is 0 Å². The Morgan fingerprint density at radius 1 is 1.19 bits per heavy atom. The number of aryl methyl sites for hydroxylation is 1. The van der Waals surface area contributed by atoms with E-state index in [2.05, 4.69) is 32.5 Å². The zero-order valence-corrected chi connectivity index (χ0v) is 18.0. The van der Waals surface area contributed by atoms with Crippen molar-refractivity contribution in [3.8, 4) is 5.75 Å². The summed E-state index contributed by atoms with van der Waals surface area (Å²) in [7, 11) is 0. The second-order valence-electron chi connectivity index (χ2n) is 8.79. The van der Waals surface area contributed by atoms with Gasteiger partial charge >= 0.3 is 0 Å². The Morgan fingerprint density at radius 3 is 2.48 bits per heavy atom. The van der Waals surface area contributed by atoms with Crippen molar-refractivity contribution in [1.82, 2.24) is 4.90 Å². The van der Waals surface area contributed by atoms with Crippen LogP contribution in [0.3, 0.4) is 0 Å². The molecule has 2 fully saturated rings. The van der Waals surface area contributed by atoms with Crippen molar-refractivity contribution in [3.63, 3.8) is 0 Å². The minimum Gasteiger partial charge on any atom is -0.484 e. The van der Waals surface area contributed by atoms with E-state index in [-0.39, 0.29) is 18.6 Å². The number of amides is 1. The van der Waals surface area contributed by atoms with E-state index in [1.165, 1.54) is 56.3 Å². The summed E-state index contributed by atoms with van der Waals surface area (Å²) in [4.78, 5) is 14.9. The van der Waals surface area contributed by atoms with Crippen LogP contribution < -0.4 is 4.74 Å². The average Bonchev–Trinajstić information content (AvgIpc) is 2.89. The predicted molar refractivity (Wildman–Crippen MR) is 115 cm³/mol. The number of thioether (sulfide) groups is 1. The Kier molecular flexibility index (Phi) is 7.13. The third-order valence-corrected chi connectivity index (χ3v) is 7.74. The summed E-state index contributed by atoms with van der Waals surface area (Å²) in [5.74, 6) is 2.16. The first-order valence-electron chi connectivity index (χ1n) is 10.6. The second kappa shape index (κ2) is 9.36. The molecule has 1 saturated carbocycles. The van der Waals surface area contributed by atoms with E-state index in [4.69, 9.17) is 4.74 Å². The van der Waals surface area contributed by atoms with Crippen molar-refractivity contribution in [2.24, 2.45) is 5.41 Å². The van der Waals surface area contributed by atoms with Crippen LogP contribution >= 0.6 is 11.8 Å². The minimum atomic E-state index is 0.105. The van der Waals surface area contributed by atoms with Gasteiger partial charge in [-0.15, -0.1) is 0 Å². The predicted octanol–water partition coefficient (Wildman–Crippen LogP) is 5.46. The molecular formula is C23H35NO2S. The lowest BCUT2D eigenvalue weighted by atomic mass is 9.78. The van der Waals surface area contributed by atoms with Crippen molar-refractivity contribution in [1.29, 1.82) is 0 Å². The SMILES string of the molecule is Cc1ccc(OCC(=O)N(CC2CC3(CCCCCC3)CS2)C(C)C)cc1. The Morgan fingerprint density at radius 2 is 1.85 bits per heavy atom. The van der Waals surface area contributed by atoms with Gasteiger partial charge in [-0.2, -0.15) is 11.8 Å². The zero-order valence-electron chi connectivity index (χ0n) is 17.2. The van der Waals surface area contributed by atoms with Gasteiger partial charge < -0.3 is 9.64 Å². The number of nitrogens with zero attached hydrogens (tertiary/aromatic N) is 1. The molecule has 3 rings (SSSR count). The summed E-state index contributed by atoms with van der Waals surface area (Å²) in [6.45, 7) is 7.27. The molecule has 0 aromatic heterocycles. The highest BCUT2D eigenvalue weighted by atomic mass is 32.2. The van der Waals surface area contributed by atoms with Crippen LogP contribution in [-0.2, 0) is 4.79 Å². The van der Waals surface area contributed by atoms with Crippen molar-refractivity contribution in [3.05, 3.63) is 29.8 Å². The summed E-state index contributed by atoms with van der Waals surface area (Å²) in [6, 6.07) is 8.11. The van der Waals surface area contributed by atoms with E-state index in [0.717, 1.165) is 12.3 Å². The van der Waals surface area contributed by atoms with Gasteiger partial charge in [-0.25, -0.2) is 0 Å². The van der Waals surface area contributed by atoms with Gasteiger partial charge in [0.05, 0.1) is 0 Å². The molecule has 1 aromatic carbocycles. The summed E-state index contributed by atoms with van der Waals surface area (Å²) in [5.41, 5.74) is 1.75. The van der Waals surface area contributed by atoms with E-state index >= 15 is 0 Å². The number of benzene rings is 1. The molecule has 1 heterocycles. The van der Waals surface area contributed by atoms with Gasteiger partial charge in [-0.1, -0.05) is 43.4 Å². The van der Waals surface area contributed by atoms with Crippen LogP contribution in [0.1, 0.15) is 64.4 Å². The lowest BCUT2D eigenvalue weighted by molar-refractivity contribution is -0.135. The zero-order chi connectivity index (χ0) is 19.3. The normalized spacial score (nSPS) is 22.0. The van der Waals surface area contributed by atoms with Gasteiger partial charge in [0, 0.05) is 17.8 Å². The first-order valence-corrected chi connectivity index (χ1v) is 11.6. The average molecular weight is 390 g/mol. The van der Waals surface area contributed by atoms with E-state index in [0.29, 0.717) is 10.7 Å². The molecule has 0 radical (unpaired) electrons. The molecular weight excluding hydrogens is 354 g/mol. The first-order chi connectivity index (χ1) is 13.0. The van der Waals surface area contributed by atoms with Crippen molar-refractivity contribution in [2.45, 2.75) is 77.0 Å². The Hall–Kier alpha value is -1.16. The lowest BCUT2D eigenvalue weighted by Gasteiger charge is -2.31. The van der Waals surface area contributed by atoms with Gasteiger partial charge in [0.2, 0.25) is 0 Å². The van der Waals surface area contributed by atoms with Crippen molar-refractivity contribution >= 4 is 17.7 Å². The second-order valence-corrected chi connectivity index (χ2v) is 10.1. The standard InChI is InChI=1S/C23H35NO2S/c1-18(2)24(22(25)16-26-20-10-8-19(3)9-11-20)15-21-14-23(17-27-21)12-6-4-5-7-13-23/h8-11,18,21H,4-7,12-17H2,1-3H3. The molecule has 1 saturated heterocycles.